The van der Waals surface area contributed by atoms with E-state index in [2.05, 4.69) is 10.4 Å². The van der Waals surface area contributed by atoms with Gasteiger partial charge in [-0.2, -0.15) is 18.3 Å². The SMILES string of the molecule is COc1c(=O)n(C2CC2)cc2c(NC(C)c3cccc(C(F)(F)F)c3C)nn(C)c(=O)c12. The Morgan fingerprint density at radius 2 is 1.91 bits per heavy atom. The molecule has 1 aliphatic rings. The van der Waals surface area contributed by atoms with E-state index in [4.69, 9.17) is 4.74 Å². The summed E-state index contributed by atoms with van der Waals surface area (Å²) in [6, 6.07) is 3.50. The molecule has 0 amide bonds. The molecule has 1 N–H and O–H groups in total. The summed E-state index contributed by atoms with van der Waals surface area (Å²) in [5.41, 5.74) is -1.03. The number of ether oxygens (including phenoxy) is 1. The molecule has 4 rings (SSSR count). The first-order valence-corrected chi connectivity index (χ1v) is 10.2. The van der Waals surface area contributed by atoms with Crippen LogP contribution in [0.5, 0.6) is 5.75 Å². The van der Waals surface area contributed by atoms with E-state index < -0.39 is 28.9 Å². The van der Waals surface area contributed by atoms with Crippen LogP contribution in [-0.2, 0) is 13.2 Å². The van der Waals surface area contributed by atoms with Gasteiger partial charge in [-0.05, 0) is 43.9 Å². The first-order valence-electron chi connectivity index (χ1n) is 10.2. The van der Waals surface area contributed by atoms with Gasteiger partial charge in [0.1, 0.15) is 5.39 Å². The Labute approximate surface area is 181 Å². The van der Waals surface area contributed by atoms with E-state index in [0.29, 0.717) is 10.9 Å². The van der Waals surface area contributed by atoms with Gasteiger partial charge >= 0.3 is 6.18 Å². The number of rotatable bonds is 5. The Hall–Kier alpha value is -3.30. The molecule has 1 aromatic carbocycles. The second kappa shape index (κ2) is 7.68. The molecular formula is C22H23F3N4O3. The average molecular weight is 448 g/mol. The summed E-state index contributed by atoms with van der Waals surface area (Å²) in [4.78, 5) is 25.6. The summed E-state index contributed by atoms with van der Waals surface area (Å²) in [5, 5.41) is 7.90. The molecule has 0 saturated heterocycles. The lowest BCUT2D eigenvalue weighted by Crippen LogP contribution is -2.28. The zero-order chi connectivity index (χ0) is 23.4. The van der Waals surface area contributed by atoms with Crippen molar-refractivity contribution >= 4 is 16.6 Å². The van der Waals surface area contributed by atoms with E-state index in [1.165, 1.54) is 31.7 Å². The molecule has 2 heterocycles. The van der Waals surface area contributed by atoms with Crippen LogP contribution in [0.4, 0.5) is 19.0 Å². The Morgan fingerprint density at radius 1 is 1.22 bits per heavy atom. The summed E-state index contributed by atoms with van der Waals surface area (Å²) >= 11 is 0. The van der Waals surface area contributed by atoms with Crippen LogP contribution in [0, 0.1) is 6.92 Å². The van der Waals surface area contributed by atoms with Crippen molar-refractivity contribution < 1.29 is 17.9 Å². The topological polar surface area (TPSA) is 78.2 Å². The molecule has 170 valence electrons. The fourth-order valence-electron chi connectivity index (χ4n) is 4.04. The van der Waals surface area contributed by atoms with Gasteiger partial charge in [0.2, 0.25) is 0 Å². The highest BCUT2D eigenvalue weighted by atomic mass is 19.4. The van der Waals surface area contributed by atoms with E-state index in [9.17, 15) is 22.8 Å². The minimum atomic E-state index is -4.46. The highest BCUT2D eigenvalue weighted by molar-refractivity contribution is 5.94. The van der Waals surface area contributed by atoms with Crippen molar-refractivity contribution in [2.24, 2.45) is 7.05 Å². The molecule has 10 heteroatoms. The van der Waals surface area contributed by atoms with Crippen LogP contribution < -0.4 is 21.2 Å². The molecule has 0 bridgehead atoms. The van der Waals surface area contributed by atoms with E-state index in [0.717, 1.165) is 23.6 Å². The van der Waals surface area contributed by atoms with Crippen molar-refractivity contribution in [2.45, 2.75) is 44.9 Å². The maximum absolute atomic E-state index is 13.4. The van der Waals surface area contributed by atoms with Gasteiger partial charge in [-0.3, -0.25) is 9.59 Å². The lowest BCUT2D eigenvalue weighted by atomic mass is 9.97. The van der Waals surface area contributed by atoms with Gasteiger partial charge in [-0.25, -0.2) is 4.68 Å². The molecule has 0 radical (unpaired) electrons. The molecule has 1 saturated carbocycles. The van der Waals surface area contributed by atoms with E-state index in [-0.39, 0.29) is 28.6 Å². The zero-order valence-electron chi connectivity index (χ0n) is 18.1. The van der Waals surface area contributed by atoms with Crippen molar-refractivity contribution in [1.29, 1.82) is 0 Å². The van der Waals surface area contributed by atoms with Crippen molar-refractivity contribution in [3.63, 3.8) is 0 Å². The summed E-state index contributed by atoms with van der Waals surface area (Å²) in [6.45, 7) is 3.14. The van der Waals surface area contributed by atoms with E-state index in [1.54, 1.807) is 19.2 Å². The summed E-state index contributed by atoms with van der Waals surface area (Å²) in [6.07, 6.45) is -1.19. The third kappa shape index (κ3) is 3.63. The standard InChI is InChI=1S/C22H23F3N4O3/c1-11-14(6-5-7-16(11)22(23,24)25)12(2)26-19-15-10-29(13-8-9-13)21(31)18(32-4)17(15)20(30)28(3)27-19/h5-7,10,12-13H,8-9H2,1-4H3,(H,26,27). The normalized spacial score (nSPS) is 15.1. The molecule has 0 aliphatic heterocycles. The molecule has 1 fully saturated rings. The predicted octanol–water partition coefficient (Wildman–Crippen LogP) is 3.94. The lowest BCUT2D eigenvalue weighted by molar-refractivity contribution is -0.138. The highest BCUT2D eigenvalue weighted by Gasteiger charge is 2.33. The molecule has 1 unspecified atom stereocenters. The number of hydrogen-bond acceptors (Lipinski definition) is 5. The second-order valence-electron chi connectivity index (χ2n) is 8.06. The third-order valence-electron chi connectivity index (χ3n) is 5.85. The molecule has 3 aromatic rings. The number of halogens is 3. The van der Waals surface area contributed by atoms with Gasteiger partial charge in [0.25, 0.3) is 11.1 Å². The molecule has 2 aromatic heterocycles. The Morgan fingerprint density at radius 3 is 2.50 bits per heavy atom. The minimum Gasteiger partial charge on any atom is -0.490 e. The third-order valence-corrected chi connectivity index (χ3v) is 5.85. The van der Waals surface area contributed by atoms with Gasteiger partial charge < -0.3 is 14.6 Å². The fraction of sp³-hybridized carbons (Fsp3) is 0.409. The van der Waals surface area contributed by atoms with Crippen LogP contribution >= 0.6 is 0 Å². The average Bonchev–Trinajstić information content (AvgIpc) is 3.55. The van der Waals surface area contributed by atoms with Gasteiger partial charge in [0, 0.05) is 19.3 Å². The number of hydrogen-bond donors (Lipinski definition) is 1. The van der Waals surface area contributed by atoms with Crippen LogP contribution in [0.2, 0.25) is 0 Å². The predicted molar refractivity (Wildman–Crippen MR) is 114 cm³/mol. The maximum atomic E-state index is 13.4. The number of nitrogens with zero attached hydrogens (tertiary/aromatic N) is 3. The van der Waals surface area contributed by atoms with Crippen LogP contribution in [0.15, 0.2) is 34.0 Å². The number of methoxy groups -OCH3 is 1. The molecule has 32 heavy (non-hydrogen) atoms. The largest absolute Gasteiger partial charge is 0.490 e. The number of pyridine rings is 1. The first kappa shape index (κ1) is 21.9. The van der Waals surface area contributed by atoms with Crippen LogP contribution in [0.3, 0.4) is 0 Å². The number of anilines is 1. The zero-order valence-corrected chi connectivity index (χ0v) is 18.1. The van der Waals surface area contributed by atoms with Crippen molar-refractivity contribution in [1.82, 2.24) is 14.3 Å². The van der Waals surface area contributed by atoms with Gasteiger partial charge in [0.05, 0.1) is 24.1 Å². The van der Waals surface area contributed by atoms with Crippen LogP contribution in [0.25, 0.3) is 10.8 Å². The number of aryl methyl sites for hydroxylation is 1. The van der Waals surface area contributed by atoms with Crippen molar-refractivity contribution in [3.8, 4) is 5.75 Å². The number of nitrogens with one attached hydrogen (secondary N) is 1. The number of aromatic nitrogens is 3. The van der Waals surface area contributed by atoms with Crippen LogP contribution in [-0.4, -0.2) is 21.5 Å². The van der Waals surface area contributed by atoms with Crippen molar-refractivity contribution in [2.75, 3.05) is 12.4 Å². The highest BCUT2D eigenvalue weighted by Crippen LogP contribution is 2.37. The Bertz CT molecular complexity index is 1320. The van der Waals surface area contributed by atoms with Gasteiger partial charge in [-0.1, -0.05) is 12.1 Å². The molecule has 1 atom stereocenters. The lowest BCUT2D eigenvalue weighted by Gasteiger charge is -2.21. The second-order valence-corrected chi connectivity index (χ2v) is 8.06. The van der Waals surface area contributed by atoms with Gasteiger partial charge in [-0.15, -0.1) is 0 Å². The summed E-state index contributed by atoms with van der Waals surface area (Å²) in [7, 11) is 2.77. The minimum absolute atomic E-state index is 0.0286. The maximum Gasteiger partial charge on any atom is 0.416 e. The molecule has 7 nitrogen and oxygen atoms in total. The first-order chi connectivity index (χ1) is 15.0. The Balaban J connectivity index is 1.87. The summed E-state index contributed by atoms with van der Waals surface area (Å²) in [5.74, 6) is 0.211. The smallest absolute Gasteiger partial charge is 0.416 e. The number of benzene rings is 1. The number of alkyl halides is 3. The quantitative estimate of drug-likeness (QED) is 0.640. The molecular weight excluding hydrogens is 425 g/mol. The van der Waals surface area contributed by atoms with E-state index >= 15 is 0 Å². The number of fused-ring (bicyclic) bond motifs is 1. The molecule has 1 aliphatic carbocycles. The van der Waals surface area contributed by atoms with Crippen molar-refractivity contribution in [3.05, 3.63) is 61.8 Å². The van der Waals surface area contributed by atoms with E-state index in [1.807, 2.05) is 0 Å². The monoisotopic (exact) mass is 448 g/mol. The summed E-state index contributed by atoms with van der Waals surface area (Å²) < 4.78 is 48.0. The fourth-order valence-corrected chi connectivity index (χ4v) is 4.04. The Kier molecular flexibility index (Phi) is 5.26. The van der Waals surface area contributed by atoms with Crippen LogP contribution in [0.1, 0.15) is 48.5 Å². The molecule has 0 spiro atoms. The van der Waals surface area contributed by atoms with Gasteiger partial charge in [0.15, 0.2) is 11.6 Å².